The number of rotatable bonds is 4. The van der Waals surface area contributed by atoms with Gasteiger partial charge in [-0.05, 0) is 12.8 Å². The third-order valence-corrected chi connectivity index (χ3v) is 1.50. The molecule has 1 aliphatic rings. The normalized spacial score (nSPS) is 20.1. The van der Waals surface area contributed by atoms with Crippen molar-refractivity contribution >= 4 is 0 Å². The van der Waals surface area contributed by atoms with Gasteiger partial charge in [0.1, 0.15) is 0 Å². The van der Waals surface area contributed by atoms with Crippen molar-refractivity contribution in [2.45, 2.75) is 26.2 Å². The van der Waals surface area contributed by atoms with E-state index in [0.717, 1.165) is 32.5 Å². The van der Waals surface area contributed by atoms with E-state index < -0.39 is 0 Å². The Morgan fingerprint density at radius 3 is 3.10 bits per heavy atom. The van der Waals surface area contributed by atoms with Gasteiger partial charge in [-0.2, -0.15) is 0 Å². The van der Waals surface area contributed by atoms with Gasteiger partial charge in [0, 0.05) is 13.1 Å². The fraction of sp³-hybridized carbons (Fsp3) is 1.00. The van der Waals surface area contributed by atoms with E-state index in [0.29, 0.717) is 0 Å². The third kappa shape index (κ3) is 2.64. The van der Waals surface area contributed by atoms with Crippen LogP contribution in [0.4, 0.5) is 0 Å². The Hall–Kier alpha value is -0.120. The summed E-state index contributed by atoms with van der Waals surface area (Å²) in [5, 5.41) is 1.72. The van der Waals surface area contributed by atoms with E-state index in [1.54, 1.807) is 5.17 Å². The van der Waals surface area contributed by atoms with Crippen LogP contribution in [-0.2, 0) is 4.84 Å². The highest BCUT2D eigenvalue weighted by Gasteiger charge is 2.11. The Labute approximate surface area is 62.3 Å². The Morgan fingerprint density at radius 1 is 1.60 bits per heavy atom. The van der Waals surface area contributed by atoms with Crippen molar-refractivity contribution < 1.29 is 4.84 Å². The standard InChI is InChI=1S/C7H15N2O/c1-2-3-7-10-9-6-4-5-8-9/h2-7H2,1H3. The van der Waals surface area contributed by atoms with Gasteiger partial charge in [-0.1, -0.05) is 13.3 Å². The van der Waals surface area contributed by atoms with Gasteiger partial charge >= 0.3 is 0 Å². The fourth-order valence-electron chi connectivity index (χ4n) is 0.879. The lowest BCUT2D eigenvalue weighted by Gasteiger charge is -2.11. The Kier molecular flexibility index (Phi) is 3.72. The van der Waals surface area contributed by atoms with Crippen molar-refractivity contribution in [3.05, 3.63) is 0 Å². The smallest absolute Gasteiger partial charge is 0.0702 e. The van der Waals surface area contributed by atoms with Crippen molar-refractivity contribution in [3.63, 3.8) is 0 Å². The minimum Gasteiger partial charge on any atom is -0.283 e. The van der Waals surface area contributed by atoms with Gasteiger partial charge in [-0.25, -0.2) is 0 Å². The van der Waals surface area contributed by atoms with Crippen LogP contribution in [0, 0.1) is 0 Å². The molecule has 0 aromatic carbocycles. The van der Waals surface area contributed by atoms with E-state index >= 15 is 0 Å². The van der Waals surface area contributed by atoms with Crippen LogP contribution in [0.2, 0.25) is 0 Å². The van der Waals surface area contributed by atoms with Crippen molar-refractivity contribution in [1.29, 1.82) is 0 Å². The molecule has 0 spiro atoms. The molecule has 1 aliphatic heterocycles. The molecule has 0 atom stereocenters. The first-order valence-corrected chi connectivity index (χ1v) is 4.01. The maximum Gasteiger partial charge on any atom is 0.0702 e. The molecule has 10 heavy (non-hydrogen) atoms. The summed E-state index contributed by atoms with van der Waals surface area (Å²) in [6, 6.07) is 0. The first-order valence-electron chi connectivity index (χ1n) is 4.01. The number of hydrogen-bond donors (Lipinski definition) is 0. The van der Waals surface area contributed by atoms with E-state index in [9.17, 15) is 0 Å². The lowest BCUT2D eigenvalue weighted by molar-refractivity contribution is -0.180. The molecule has 1 rings (SSSR count). The third-order valence-electron chi connectivity index (χ3n) is 1.50. The molecule has 0 aliphatic carbocycles. The molecule has 0 bridgehead atoms. The number of hydroxylamine groups is 1. The van der Waals surface area contributed by atoms with Gasteiger partial charge in [0.05, 0.1) is 6.61 Å². The zero-order chi connectivity index (χ0) is 7.23. The van der Waals surface area contributed by atoms with Gasteiger partial charge in [0.2, 0.25) is 0 Å². The number of unbranched alkanes of at least 4 members (excludes halogenated alkanes) is 1. The van der Waals surface area contributed by atoms with E-state index in [1.165, 1.54) is 6.42 Å². The molecule has 1 fully saturated rings. The minimum absolute atomic E-state index is 0.819. The van der Waals surface area contributed by atoms with Crippen LogP contribution in [0.15, 0.2) is 0 Å². The summed E-state index contributed by atoms with van der Waals surface area (Å²) in [4.78, 5) is 5.31. The van der Waals surface area contributed by atoms with Gasteiger partial charge in [0.15, 0.2) is 0 Å². The molecular weight excluding hydrogens is 128 g/mol. The predicted octanol–water partition coefficient (Wildman–Crippen LogP) is 0.943. The summed E-state index contributed by atoms with van der Waals surface area (Å²) in [6.45, 7) is 4.89. The van der Waals surface area contributed by atoms with E-state index in [-0.39, 0.29) is 0 Å². The molecule has 3 nitrogen and oxygen atoms in total. The summed E-state index contributed by atoms with van der Waals surface area (Å²) >= 11 is 0. The molecule has 1 heterocycles. The average molecular weight is 143 g/mol. The molecule has 0 aromatic rings. The molecule has 0 unspecified atom stereocenters. The molecule has 0 amide bonds. The van der Waals surface area contributed by atoms with E-state index in [4.69, 9.17) is 4.84 Å². The zero-order valence-corrected chi connectivity index (χ0v) is 6.55. The van der Waals surface area contributed by atoms with Crippen molar-refractivity contribution in [3.8, 4) is 0 Å². The van der Waals surface area contributed by atoms with Crippen molar-refractivity contribution in [1.82, 2.24) is 10.6 Å². The van der Waals surface area contributed by atoms with Gasteiger partial charge in [-0.3, -0.25) is 4.84 Å². The zero-order valence-electron chi connectivity index (χ0n) is 6.55. The second-order valence-electron chi connectivity index (χ2n) is 2.48. The average Bonchev–Trinajstić information content (AvgIpc) is 2.41. The van der Waals surface area contributed by atoms with Crippen molar-refractivity contribution in [2.75, 3.05) is 19.7 Å². The Morgan fingerprint density at radius 2 is 2.50 bits per heavy atom. The Balaban J connectivity index is 1.91. The lowest BCUT2D eigenvalue weighted by atomic mass is 10.4. The van der Waals surface area contributed by atoms with Crippen LogP contribution in [0.1, 0.15) is 26.2 Å². The van der Waals surface area contributed by atoms with Crippen LogP contribution >= 0.6 is 0 Å². The van der Waals surface area contributed by atoms with Crippen LogP contribution in [-0.4, -0.2) is 24.9 Å². The molecule has 3 heteroatoms. The molecule has 0 N–H and O–H groups in total. The highest BCUT2D eigenvalue weighted by molar-refractivity contribution is 4.51. The summed E-state index contributed by atoms with van der Waals surface area (Å²) in [7, 11) is 0. The molecule has 59 valence electrons. The number of nitrogens with zero attached hydrogens (tertiary/aromatic N) is 2. The monoisotopic (exact) mass is 143 g/mol. The minimum atomic E-state index is 0.819. The summed E-state index contributed by atoms with van der Waals surface area (Å²) in [5.74, 6) is 0. The molecule has 0 saturated carbocycles. The summed E-state index contributed by atoms with van der Waals surface area (Å²) in [6.07, 6.45) is 3.46. The highest BCUT2D eigenvalue weighted by atomic mass is 16.7. The maximum absolute atomic E-state index is 5.31. The van der Waals surface area contributed by atoms with E-state index in [2.05, 4.69) is 12.3 Å². The van der Waals surface area contributed by atoms with Crippen LogP contribution in [0.25, 0.3) is 0 Å². The fourth-order valence-corrected chi connectivity index (χ4v) is 0.879. The molecule has 1 radical (unpaired) electrons. The molecule has 1 saturated heterocycles. The second kappa shape index (κ2) is 4.66. The second-order valence-corrected chi connectivity index (χ2v) is 2.48. The van der Waals surface area contributed by atoms with Crippen molar-refractivity contribution in [2.24, 2.45) is 0 Å². The van der Waals surface area contributed by atoms with Gasteiger partial charge < -0.3 is 0 Å². The van der Waals surface area contributed by atoms with Crippen LogP contribution in [0.3, 0.4) is 0 Å². The number of hydrogen-bond acceptors (Lipinski definition) is 2. The SMILES string of the molecule is CCCCON1CCC[N]1. The molecule has 0 aromatic heterocycles. The van der Waals surface area contributed by atoms with Gasteiger partial charge in [0.25, 0.3) is 0 Å². The predicted molar refractivity (Wildman–Crippen MR) is 39.2 cm³/mol. The maximum atomic E-state index is 5.31. The van der Waals surface area contributed by atoms with Crippen LogP contribution in [0.5, 0.6) is 0 Å². The summed E-state index contributed by atoms with van der Waals surface area (Å²) in [5.41, 5.74) is 4.12. The highest BCUT2D eigenvalue weighted by Crippen LogP contribution is 1.99. The molecular formula is C7H15N2O. The van der Waals surface area contributed by atoms with E-state index in [1.807, 2.05) is 0 Å². The first kappa shape index (κ1) is 7.98. The first-order chi connectivity index (χ1) is 4.93. The summed E-state index contributed by atoms with van der Waals surface area (Å²) < 4.78 is 0. The topological polar surface area (TPSA) is 26.6 Å². The quantitative estimate of drug-likeness (QED) is 0.548. The van der Waals surface area contributed by atoms with Crippen LogP contribution < -0.4 is 5.43 Å². The lowest BCUT2D eigenvalue weighted by Crippen LogP contribution is -2.25. The largest absolute Gasteiger partial charge is 0.283 e. The Bertz CT molecular complexity index is 81.7. The van der Waals surface area contributed by atoms with Gasteiger partial charge in [-0.15, -0.1) is 10.6 Å².